The first kappa shape index (κ1) is 15.1. The number of amides is 2. The van der Waals surface area contributed by atoms with Crippen LogP contribution in [-0.2, 0) is 20.9 Å². The SMILES string of the molecule is C[C@H](NC(=O)[C@H]1CC(=O)N(Cc2ccco2)C1)[C@H]1CCCO1. The molecule has 3 rings (SSSR count). The molecular weight excluding hydrogens is 284 g/mol. The first-order valence-corrected chi connectivity index (χ1v) is 7.85. The highest BCUT2D eigenvalue weighted by Crippen LogP contribution is 2.22. The molecule has 22 heavy (non-hydrogen) atoms. The Morgan fingerprint density at radius 3 is 3.09 bits per heavy atom. The summed E-state index contributed by atoms with van der Waals surface area (Å²) in [5.74, 6) is 0.396. The molecule has 2 fully saturated rings. The molecule has 2 aliphatic heterocycles. The predicted octanol–water partition coefficient (Wildman–Crippen LogP) is 1.31. The van der Waals surface area contributed by atoms with Crippen molar-refractivity contribution in [1.82, 2.24) is 10.2 Å². The Morgan fingerprint density at radius 1 is 1.55 bits per heavy atom. The minimum absolute atomic E-state index is 0.00122. The van der Waals surface area contributed by atoms with Crippen molar-refractivity contribution in [2.75, 3.05) is 13.2 Å². The highest BCUT2D eigenvalue weighted by atomic mass is 16.5. The maximum atomic E-state index is 12.3. The van der Waals surface area contributed by atoms with Gasteiger partial charge in [0.2, 0.25) is 11.8 Å². The Bertz CT molecular complexity index is 522. The summed E-state index contributed by atoms with van der Waals surface area (Å²) >= 11 is 0. The lowest BCUT2D eigenvalue weighted by molar-refractivity contribution is -0.129. The number of likely N-dealkylation sites (tertiary alicyclic amines) is 1. The van der Waals surface area contributed by atoms with E-state index in [0.717, 1.165) is 25.2 Å². The molecule has 0 aromatic carbocycles. The molecule has 1 aromatic rings. The topological polar surface area (TPSA) is 71.8 Å². The number of nitrogens with one attached hydrogen (secondary N) is 1. The fraction of sp³-hybridized carbons (Fsp3) is 0.625. The van der Waals surface area contributed by atoms with Gasteiger partial charge in [0.05, 0.1) is 30.9 Å². The third-order valence-corrected chi connectivity index (χ3v) is 4.40. The van der Waals surface area contributed by atoms with Gasteiger partial charge < -0.3 is 19.4 Å². The van der Waals surface area contributed by atoms with E-state index in [9.17, 15) is 9.59 Å². The van der Waals surface area contributed by atoms with Crippen LogP contribution in [0.2, 0.25) is 0 Å². The molecule has 0 aliphatic carbocycles. The maximum Gasteiger partial charge on any atom is 0.225 e. The molecule has 6 nitrogen and oxygen atoms in total. The summed E-state index contributed by atoms with van der Waals surface area (Å²) in [6, 6.07) is 3.62. The molecule has 6 heteroatoms. The molecule has 0 unspecified atom stereocenters. The zero-order chi connectivity index (χ0) is 15.5. The van der Waals surface area contributed by atoms with Crippen LogP contribution in [0.1, 0.15) is 31.9 Å². The molecule has 3 heterocycles. The first-order valence-electron chi connectivity index (χ1n) is 7.85. The zero-order valence-corrected chi connectivity index (χ0v) is 12.8. The van der Waals surface area contributed by atoms with Crippen LogP contribution in [-0.4, -0.2) is 42.0 Å². The Labute approximate surface area is 129 Å². The molecule has 1 aromatic heterocycles. The number of furan rings is 1. The molecule has 0 bridgehead atoms. The number of nitrogens with zero attached hydrogens (tertiary/aromatic N) is 1. The lowest BCUT2D eigenvalue weighted by Crippen LogP contribution is -2.44. The second-order valence-electron chi connectivity index (χ2n) is 6.10. The Hall–Kier alpha value is -1.82. The van der Waals surface area contributed by atoms with Crippen LogP contribution in [0.3, 0.4) is 0 Å². The Morgan fingerprint density at radius 2 is 2.41 bits per heavy atom. The van der Waals surface area contributed by atoms with Crippen LogP contribution in [0.25, 0.3) is 0 Å². The summed E-state index contributed by atoms with van der Waals surface area (Å²) in [6.45, 7) is 3.61. The fourth-order valence-electron chi connectivity index (χ4n) is 3.12. The number of rotatable bonds is 5. The van der Waals surface area contributed by atoms with Crippen molar-refractivity contribution in [3.8, 4) is 0 Å². The second kappa shape index (κ2) is 6.52. The van der Waals surface area contributed by atoms with E-state index in [1.807, 2.05) is 13.0 Å². The molecule has 0 saturated carbocycles. The third kappa shape index (κ3) is 3.32. The minimum Gasteiger partial charge on any atom is -0.467 e. The van der Waals surface area contributed by atoms with Gasteiger partial charge in [-0.25, -0.2) is 0 Å². The lowest BCUT2D eigenvalue weighted by atomic mass is 10.1. The van der Waals surface area contributed by atoms with E-state index in [1.54, 1.807) is 17.2 Å². The quantitative estimate of drug-likeness (QED) is 0.890. The largest absolute Gasteiger partial charge is 0.467 e. The van der Waals surface area contributed by atoms with Crippen LogP contribution in [0, 0.1) is 5.92 Å². The van der Waals surface area contributed by atoms with E-state index in [4.69, 9.17) is 9.15 Å². The summed E-state index contributed by atoms with van der Waals surface area (Å²) in [6.07, 6.45) is 3.98. The zero-order valence-electron chi connectivity index (χ0n) is 12.8. The standard InChI is InChI=1S/C16H22N2O4/c1-11(14-5-3-7-22-14)17-16(20)12-8-15(19)18(9-12)10-13-4-2-6-21-13/h2,4,6,11-12,14H,3,5,7-10H2,1H3,(H,17,20)/t11-,12-,14+/m0/s1. The van der Waals surface area contributed by atoms with E-state index in [-0.39, 0.29) is 36.3 Å². The van der Waals surface area contributed by atoms with Gasteiger partial charge in [-0.15, -0.1) is 0 Å². The summed E-state index contributed by atoms with van der Waals surface area (Å²) < 4.78 is 10.8. The summed E-state index contributed by atoms with van der Waals surface area (Å²) in [4.78, 5) is 26.1. The molecule has 2 saturated heterocycles. The van der Waals surface area contributed by atoms with Gasteiger partial charge in [0.15, 0.2) is 0 Å². The highest BCUT2D eigenvalue weighted by molar-refractivity contribution is 5.89. The van der Waals surface area contributed by atoms with Crippen molar-refractivity contribution in [3.63, 3.8) is 0 Å². The van der Waals surface area contributed by atoms with Gasteiger partial charge in [-0.1, -0.05) is 0 Å². The molecule has 2 aliphatic rings. The third-order valence-electron chi connectivity index (χ3n) is 4.40. The normalized spacial score (nSPS) is 26.4. The van der Waals surface area contributed by atoms with Crippen LogP contribution in [0.15, 0.2) is 22.8 Å². The van der Waals surface area contributed by atoms with Gasteiger partial charge in [-0.05, 0) is 31.9 Å². The highest BCUT2D eigenvalue weighted by Gasteiger charge is 2.36. The van der Waals surface area contributed by atoms with Gasteiger partial charge in [-0.2, -0.15) is 0 Å². The van der Waals surface area contributed by atoms with Crippen LogP contribution in [0.4, 0.5) is 0 Å². The lowest BCUT2D eigenvalue weighted by Gasteiger charge is -2.22. The summed E-state index contributed by atoms with van der Waals surface area (Å²) in [5.41, 5.74) is 0. The fourth-order valence-corrected chi connectivity index (χ4v) is 3.12. The molecule has 0 radical (unpaired) electrons. The van der Waals surface area contributed by atoms with E-state index in [2.05, 4.69) is 5.32 Å². The van der Waals surface area contributed by atoms with Crippen LogP contribution >= 0.6 is 0 Å². The van der Waals surface area contributed by atoms with E-state index in [1.165, 1.54) is 0 Å². The van der Waals surface area contributed by atoms with Gasteiger partial charge in [0, 0.05) is 19.6 Å². The van der Waals surface area contributed by atoms with Crippen molar-refractivity contribution in [3.05, 3.63) is 24.2 Å². The maximum absolute atomic E-state index is 12.3. The average Bonchev–Trinajstić information content (AvgIpc) is 3.22. The van der Waals surface area contributed by atoms with Crippen molar-refractivity contribution in [2.24, 2.45) is 5.92 Å². The molecule has 3 atom stereocenters. The minimum atomic E-state index is -0.286. The van der Waals surface area contributed by atoms with Crippen molar-refractivity contribution >= 4 is 11.8 Å². The second-order valence-corrected chi connectivity index (χ2v) is 6.10. The monoisotopic (exact) mass is 306 g/mol. The van der Waals surface area contributed by atoms with E-state index in [0.29, 0.717) is 13.1 Å². The number of carbonyl (C=O) groups is 2. The number of hydrogen-bond acceptors (Lipinski definition) is 4. The van der Waals surface area contributed by atoms with Gasteiger partial charge in [-0.3, -0.25) is 9.59 Å². The van der Waals surface area contributed by atoms with Crippen molar-refractivity contribution in [1.29, 1.82) is 0 Å². The smallest absolute Gasteiger partial charge is 0.225 e. The molecule has 120 valence electrons. The van der Waals surface area contributed by atoms with E-state index >= 15 is 0 Å². The number of carbonyl (C=O) groups excluding carboxylic acids is 2. The van der Waals surface area contributed by atoms with Gasteiger partial charge in [0.25, 0.3) is 0 Å². The summed E-state index contributed by atoms with van der Waals surface area (Å²) in [7, 11) is 0. The van der Waals surface area contributed by atoms with Gasteiger partial charge >= 0.3 is 0 Å². The van der Waals surface area contributed by atoms with Crippen LogP contribution < -0.4 is 5.32 Å². The van der Waals surface area contributed by atoms with Crippen molar-refractivity contribution < 1.29 is 18.7 Å². The molecule has 2 amide bonds. The van der Waals surface area contributed by atoms with Crippen molar-refractivity contribution in [2.45, 2.75) is 44.9 Å². The molecule has 1 N–H and O–H groups in total. The Balaban J connectivity index is 1.52. The Kier molecular flexibility index (Phi) is 4.47. The molecule has 0 spiro atoms. The van der Waals surface area contributed by atoms with Gasteiger partial charge in [0.1, 0.15) is 5.76 Å². The van der Waals surface area contributed by atoms with E-state index < -0.39 is 0 Å². The average molecular weight is 306 g/mol. The predicted molar refractivity (Wildman–Crippen MR) is 78.8 cm³/mol. The summed E-state index contributed by atoms with van der Waals surface area (Å²) in [5, 5.41) is 3.00. The van der Waals surface area contributed by atoms with Crippen LogP contribution in [0.5, 0.6) is 0 Å². The number of hydrogen-bond donors (Lipinski definition) is 1. The first-order chi connectivity index (χ1) is 10.6. The number of ether oxygens (including phenoxy) is 1. The molecular formula is C16H22N2O4.